The zero-order chi connectivity index (χ0) is 13.0. The van der Waals surface area contributed by atoms with Gasteiger partial charge in [-0.1, -0.05) is 6.08 Å². The molecule has 2 saturated heterocycles. The summed E-state index contributed by atoms with van der Waals surface area (Å²) in [5.41, 5.74) is 0.577. The molecule has 2 fully saturated rings. The molecular formula is C13H21BO4. The highest BCUT2D eigenvalue weighted by Gasteiger charge is 2.54. The molecular weight excluding hydrogens is 231 g/mol. The summed E-state index contributed by atoms with van der Waals surface area (Å²) in [5.74, 6) is -0.432. The second kappa shape index (κ2) is 3.82. The lowest BCUT2D eigenvalue weighted by Crippen LogP contribution is -2.41. The Morgan fingerprint density at radius 2 is 1.56 bits per heavy atom. The van der Waals surface area contributed by atoms with Gasteiger partial charge in [0.15, 0.2) is 5.79 Å². The van der Waals surface area contributed by atoms with Gasteiger partial charge in [-0.15, -0.1) is 0 Å². The molecule has 3 aliphatic rings. The number of rotatable bonds is 1. The predicted octanol–water partition coefficient (Wildman–Crippen LogP) is 2.08. The van der Waals surface area contributed by atoms with Crippen LogP contribution < -0.4 is 0 Å². The lowest BCUT2D eigenvalue weighted by molar-refractivity contribution is -0.146. The normalized spacial score (nSPS) is 32.2. The summed E-state index contributed by atoms with van der Waals surface area (Å²) >= 11 is 0. The minimum Gasteiger partial charge on any atom is -0.400 e. The third-order valence-electron chi connectivity index (χ3n) is 4.52. The molecule has 0 atom stereocenters. The van der Waals surface area contributed by atoms with Crippen molar-refractivity contribution in [3.8, 4) is 0 Å². The maximum absolute atomic E-state index is 6.05. The van der Waals surface area contributed by atoms with Crippen LogP contribution in [0.1, 0.15) is 40.5 Å². The lowest BCUT2D eigenvalue weighted by Gasteiger charge is -2.32. The smallest absolute Gasteiger partial charge is 0.400 e. The van der Waals surface area contributed by atoms with E-state index in [0.717, 1.165) is 18.3 Å². The SMILES string of the molecule is CC1(C)OB(C2=CCC3(C2)OCCO3)OC1(C)C. The molecule has 0 aromatic carbocycles. The van der Waals surface area contributed by atoms with Crippen molar-refractivity contribution in [2.24, 2.45) is 0 Å². The van der Waals surface area contributed by atoms with E-state index >= 15 is 0 Å². The molecule has 18 heavy (non-hydrogen) atoms. The Bertz CT molecular complexity index is 366. The van der Waals surface area contributed by atoms with Crippen LogP contribution in [0.5, 0.6) is 0 Å². The fourth-order valence-corrected chi connectivity index (χ4v) is 2.63. The fourth-order valence-electron chi connectivity index (χ4n) is 2.63. The van der Waals surface area contributed by atoms with E-state index in [1.54, 1.807) is 0 Å². The molecule has 0 amide bonds. The molecule has 1 spiro atoms. The Hall–Kier alpha value is -0.355. The van der Waals surface area contributed by atoms with Gasteiger partial charge in [0.2, 0.25) is 0 Å². The Morgan fingerprint density at radius 3 is 2.11 bits per heavy atom. The van der Waals surface area contributed by atoms with Gasteiger partial charge in [0, 0.05) is 12.8 Å². The van der Waals surface area contributed by atoms with E-state index in [1.807, 2.05) is 0 Å². The van der Waals surface area contributed by atoms with Crippen LogP contribution in [0.4, 0.5) is 0 Å². The highest BCUT2D eigenvalue weighted by atomic mass is 16.7. The summed E-state index contributed by atoms with van der Waals surface area (Å²) in [6.45, 7) is 9.65. The van der Waals surface area contributed by atoms with E-state index in [-0.39, 0.29) is 18.3 Å². The van der Waals surface area contributed by atoms with E-state index in [1.165, 1.54) is 0 Å². The topological polar surface area (TPSA) is 36.9 Å². The van der Waals surface area contributed by atoms with Crippen molar-refractivity contribution >= 4 is 7.12 Å². The molecule has 2 heterocycles. The summed E-state index contributed by atoms with van der Waals surface area (Å²) in [5, 5.41) is 0. The Labute approximate surface area is 109 Å². The van der Waals surface area contributed by atoms with E-state index in [0.29, 0.717) is 13.2 Å². The highest BCUT2D eigenvalue weighted by molar-refractivity contribution is 6.54. The van der Waals surface area contributed by atoms with E-state index in [4.69, 9.17) is 18.8 Å². The molecule has 100 valence electrons. The van der Waals surface area contributed by atoms with Crippen LogP contribution in [-0.2, 0) is 18.8 Å². The van der Waals surface area contributed by atoms with Crippen LogP contribution in [0.3, 0.4) is 0 Å². The van der Waals surface area contributed by atoms with Crippen LogP contribution in [0.2, 0.25) is 0 Å². The summed E-state index contributed by atoms with van der Waals surface area (Å²) in [6.07, 6.45) is 3.70. The second-order valence-electron chi connectivity index (χ2n) is 6.36. The van der Waals surface area contributed by atoms with Gasteiger partial charge in [0.25, 0.3) is 0 Å². The quantitative estimate of drug-likeness (QED) is 0.669. The van der Waals surface area contributed by atoms with Gasteiger partial charge in [-0.2, -0.15) is 0 Å². The molecule has 0 saturated carbocycles. The summed E-state index contributed by atoms with van der Waals surface area (Å²) in [7, 11) is -0.262. The zero-order valence-corrected chi connectivity index (χ0v) is 11.6. The van der Waals surface area contributed by atoms with Crippen LogP contribution in [-0.4, -0.2) is 37.3 Å². The van der Waals surface area contributed by atoms with Gasteiger partial charge >= 0.3 is 7.12 Å². The van der Waals surface area contributed by atoms with Crippen molar-refractivity contribution in [3.63, 3.8) is 0 Å². The van der Waals surface area contributed by atoms with Crippen molar-refractivity contribution in [3.05, 3.63) is 11.5 Å². The summed E-state index contributed by atoms with van der Waals surface area (Å²) in [6, 6.07) is 0. The van der Waals surface area contributed by atoms with Crippen molar-refractivity contribution in [1.29, 1.82) is 0 Å². The zero-order valence-electron chi connectivity index (χ0n) is 11.6. The lowest BCUT2D eigenvalue weighted by atomic mass is 9.77. The molecule has 0 aromatic rings. The van der Waals surface area contributed by atoms with Gasteiger partial charge in [-0.25, -0.2) is 0 Å². The minimum absolute atomic E-state index is 0.262. The van der Waals surface area contributed by atoms with Gasteiger partial charge in [0.1, 0.15) is 0 Å². The standard InChI is InChI=1S/C13H21BO4/c1-11(2)12(3,4)18-14(17-11)10-5-6-13(9-10)15-7-8-16-13/h5H,6-9H2,1-4H3. The maximum atomic E-state index is 6.05. The minimum atomic E-state index is -0.432. The Balaban J connectivity index is 1.71. The Morgan fingerprint density at radius 1 is 1.00 bits per heavy atom. The van der Waals surface area contributed by atoms with E-state index in [9.17, 15) is 0 Å². The number of hydrogen-bond donors (Lipinski definition) is 0. The van der Waals surface area contributed by atoms with Crippen LogP contribution in [0.15, 0.2) is 11.5 Å². The van der Waals surface area contributed by atoms with Crippen molar-refractivity contribution in [1.82, 2.24) is 0 Å². The fraction of sp³-hybridized carbons (Fsp3) is 0.846. The molecule has 5 heteroatoms. The van der Waals surface area contributed by atoms with Crippen molar-refractivity contribution < 1.29 is 18.8 Å². The van der Waals surface area contributed by atoms with E-state index in [2.05, 4.69) is 33.8 Å². The van der Waals surface area contributed by atoms with Gasteiger partial charge < -0.3 is 18.8 Å². The molecule has 3 rings (SSSR count). The molecule has 1 aliphatic carbocycles. The van der Waals surface area contributed by atoms with Gasteiger partial charge in [-0.3, -0.25) is 0 Å². The monoisotopic (exact) mass is 252 g/mol. The van der Waals surface area contributed by atoms with Crippen LogP contribution >= 0.6 is 0 Å². The molecule has 4 nitrogen and oxygen atoms in total. The van der Waals surface area contributed by atoms with Gasteiger partial charge in [0.05, 0.1) is 24.4 Å². The second-order valence-corrected chi connectivity index (χ2v) is 6.36. The van der Waals surface area contributed by atoms with Gasteiger partial charge in [-0.05, 0) is 33.2 Å². The van der Waals surface area contributed by atoms with Crippen LogP contribution in [0, 0.1) is 0 Å². The number of ether oxygens (including phenoxy) is 2. The molecule has 0 N–H and O–H groups in total. The van der Waals surface area contributed by atoms with Crippen molar-refractivity contribution in [2.75, 3.05) is 13.2 Å². The predicted molar refractivity (Wildman–Crippen MR) is 68.0 cm³/mol. The third kappa shape index (κ3) is 1.85. The number of hydrogen-bond acceptors (Lipinski definition) is 4. The molecule has 0 radical (unpaired) electrons. The first kappa shape index (κ1) is 12.7. The van der Waals surface area contributed by atoms with Crippen molar-refractivity contribution in [2.45, 2.75) is 57.5 Å². The Kier molecular flexibility index (Phi) is 2.69. The summed E-state index contributed by atoms with van der Waals surface area (Å²) < 4.78 is 23.5. The average molecular weight is 252 g/mol. The average Bonchev–Trinajstić information content (AvgIpc) is 2.91. The maximum Gasteiger partial charge on any atom is 0.490 e. The van der Waals surface area contributed by atoms with E-state index < -0.39 is 5.79 Å². The first-order chi connectivity index (χ1) is 8.34. The third-order valence-corrected chi connectivity index (χ3v) is 4.52. The molecule has 2 aliphatic heterocycles. The summed E-state index contributed by atoms with van der Waals surface area (Å²) in [4.78, 5) is 0. The largest absolute Gasteiger partial charge is 0.490 e. The first-order valence-electron chi connectivity index (χ1n) is 6.66. The molecule has 0 bridgehead atoms. The molecule has 0 unspecified atom stereocenters. The molecule has 0 aromatic heterocycles. The highest BCUT2D eigenvalue weighted by Crippen LogP contribution is 2.44. The first-order valence-corrected chi connectivity index (χ1v) is 6.66. The van der Waals surface area contributed by atoms with Crippen LogP contribution in [0.25, 0.3) is 0 Å².